The van der Waals surface area contributed by atoms with E-state index in [0.717, 1.165) is 22.3 Å². The van der Waals surface area contributed by atoms with Crippen LogP contribution in [0.25, 0.3) is 33.4 Å². The summed E-state index contributed by atoms with van der Waals surface area (Å²) in [5.41, 5.74) is 12.1. The normalized spacial score (nSPS) is 12.8. The minimum absolute atomic E-state index is 0.391. The van der Waals surface area contributed by atoms with Crippen molar-refractivity contribution in [2.24, 2.45) is 0 Å². The second-order valence-corrected chi connectivity index (χ2v) is 9.94. The molecule has 2 nitrogen and oxygen atoms in total. The molecule has 0 atom stereocenters. The van der Waals surface area contributed by atoms with Crippen molar-refractivity contribution in [3.05, 3.63) is 174 Å². The molecule has 0 amide bonds. The molecule has 5 aromatic carbocycles. The zero-order valence-corrected chi connectivity index (χ0v) is 21.3. The molecule has 7 rings (SSSR count). The van der Waals surface area contributed by atoms with Crippen molar-refractivity contribution in [1.29, 1.82) is 5.26 Å². The summed E-state index contributed by atoms with van der Waals surface area (Å²) in [7, 11) is 0. The van der Waals surface area contributed by atoms with E-state index < -0.39 is 5.41 Å². The van der Waals surface area contributed by atoms with Gasteiger partial charge in [-0.05, 0) is 68.3 Å². The Balaban J connectivity index is 1.44. The number of hydrogen-bond acceptors (Lipinski definition) is 2. The first-order valence-electron chi connectivity index (χ1n) is 13.1. The predicted molar refractivity (Wildman–Crippen MR) is 157 cm³/mol. The Morgan fingerprint density at radius 3 is 1.82 bits per heavy atom. The predicted octanol–water partition coefficient (Wildman–Crippen LogP) is 8.65. The van der Waals surface area contributed by atoms with Crippen LogP contribution in [0, 0.1) is 11.3 Å². The first-order valence-corrected chi connectivity index (χ1v) is 13.1. The number of pyridine rings is 1. The fourth-order valence-electron chi connectivity index (χ4n) is 6.17. The molecule has 0 unspecified atom stereocenters. The third-order valence-corrected chi connectivity index (χ3v) is 7.86. The lowest BCUT2D eigenvalue weighted by Crippen LogP contribution is -2.28. The van der Waals surface area contributed by atoms with Crippen LogP contribution in [0.3, 0.4) is 0 Å². The van der Waals surface area contributed by atoms with Crippen molar-refractivity contribution in [2.75, 3.05) is 0 Å². The smallest absolute Gasteiger partial charge is 0.101 e. The molecule has 0 N–H and O–H groups in total. The minimum atomic E-state index is -0.391. The molecule has 0 radical (unpaired) electrons. The van der Waals surface area contributed by atoms with E-state index in [-0.39, 0.29) is 0 Å². The summed E-state index contributed by atoms with van der Waals surface area (Å²) in [6, 6.07) is 50.0. The van der Waals surface area contributed by atoms with E-state index in [1.165, 1.54) is 33.4 Å². The molecule has 0 spiro atoms. The first-order chi connectivity index (χ1) is 19.3. The molecule has 0 saturated heterocycles. The molecule has 0 aliphatic heterocycles. The zero-order valence-electron chi connectivity index (χ0n) is 21.3. The Morgan fingerprint density at radius 1 is 0.487 bits per heavy atom. The Labute approximate surface area is 228 Å². The topological polar surface area (TPSA) is 36.7 Å². The molecule has 1 aromatic heterocycles. The quantitative estimate of drug-likeness (QED) is 0.244. The molecule has 6 aromatic rings. The Morgan fingerprint density at radius 2 is 1.10 bits per heavy atom. The van der Waals surface area contributed by atoms with Crippen LogP contribution in [0.15, 0.2) is 146 Å². The van der Waals surface area contributed by atoms with Crippen molar-refractivity contribution >= 4 is 0 Å². The van der Waals surface area contributed by atoms with Crippen LogP contribution < -0.4 is 0 Å². The summed E-state index contributed by atoms with van der Waals surface area (Å²) >= 11 is 0. The fourth-order valence-corrected chi connectivity index (χ4v) is 6.17. The van der Waals surface area contributed by atoms with E-state index in [2.05, 4.69) is 138 Å². The fraction of sp³-hybridized carbons (Fsp3) is 0.0270. The van der Waals surface area contributed by atoms with E-state index in [1.807, 2.05) is 12.3 Å². The van der Waals surface area contributed by atoms with E-state index in [1.54, 1.807) is 6.20 Å². The molecule has 1 heterocycles. The summed E-state index contributed by atoms with van der Waals surface area (Å²) < 4.78 is 0. The van der Waals surface area contributed by atoms with Crippen molar-refractivity contribution < 1.29 is 0 Å². The van der Waals surface area contributed by atoms with Gasteiger partial charge in [-0.3, -0.25) is 4.98 Å². The average molecular weight is 497 g/mol. The van der Waals surface area contributed by atoms with Crippen LogP contribution in [0.4, 0.5) is 0 Å². The number of aromatic nitrogens is 1. The molecule has 0 bridgehead atoms. The molecule has 2 heteroatoms. The highest BCUT2D eigenvalue weighted by Crippen LogP contribution is 2.56. The minimum Gasteiger partial charge on any atom is -0.263 e. The lowest BCUT2D eigenvalue weighted by Gasteiger charge is -2.33. The van der Waals surface area contributed by atoms with Gasteiger partial charge in [-0.1, -0.05) is 115 Å². The van der Waals surface area contributed by atoms with E-state index in [9.17, 15) is 5.26 Å². The summed E-state index contributed by atoms with van der Waals surface area (Å²) in [5, 5.41) is 9.33. The summed E-state index contributed by atoms with van der Waals surface area (Å²) in [6.45, 7) is 0. The lowest BCUT2D eigenvalue weighted by atomic mass is 9.67. The Bertz CT molecular complexity index is 1820. The van der Waals surface area contributed by atoms with Gasteiger partial charge in [0.1, 0.15) is 6.07 Å². The number of benzene rings is 5. The second kappa shape index (κ2) is 9.24. The maximum absolute atomic E-state index is 9.33. The number of hydrogen-bond donors (Lipinski definition) is 0. The van der Waals surface area contributed by atoms with Crippen LogP contribution >= 0.6 is 0 Å². The lowest BCUT2D eigenvalue weighted by molar-refractivity contribution is 0.768. The third kappa shape index (κ3) is 3.60. The molecular weight excluding hydrogens is 472 g/mol. The second-order valence-electron chi connectivity index (χ2n) is 9.94. The largest absolute Gasteiger partial charge is 0.263 e. The van der Waals surface area contributed by atoms with Gasteiger partial charge < -0.3 is 0 Å². The highest BCUT2D eigenvalue weighted by molar-refractivity contribution is 5.89. The van der Waals surface area contributed by atoms with Gasteiger partial charge in [0.2, 0.25) is 0 Å². The van der Waals surface area contributed by atoms with Crippen molar-refractivity contribution in [3.63, 3.8) is 0 Å². The molecule has 1 aliphatic rings. The van der Waals surface area contributed by atoms with Gasteiger partial charge in [0.25, 0.3) is 0 Å². The van der Waals surface area contributed by atoms with E-state index in [0.29, 0.717) is 5.56 Å². The Kier molecular flexibility index (Phi) is 5.43. The summed E-state index contributed by atoms with van der Waals surface area (Å²) in [5.74, 6) is 0. The number of rotatable bonds is 4. The van der Waals surface area contributed by atoms with Gasteiger partial charge in [0.05, 0.1) is 11.0 Å². The van der Waals surface area contributed by atoms with Gasteiger partial charge in [0, 0.05) is 18.0 Å². The zero-order chi connectivity index (χ0) is 26.2. The first kappa shape index (κ1) is 22.9. The maximum Gasteiger partial charge on any atom is 0.101 e. The van der Waals surface area contributed by atoms with Crippen LogP contribution in [0.5, 0.6) is 0 Å². The molecule has 1 aliphatic carbocycles. The van der Waals surface area contributed by atoms with Gasteiger partial charge in [0.15, 0.2) is 0 Å². The van der Waals surface area contributed by atoms with Crippen LogP contribution in [0.1, 0.15) is 27.8 Å². The van der Waals surface area contributed by atoms with Gasteiger partial charge in [-0.15, -0.1) is 0 Å². The van der Waals surface area contributed by atoms with Crippen LogP contribution in [0.2, 0.25) is 0 Å². The molecule has 0 fully saturated rings. The average Bonchev–Trinajstić information content (AvgIpc) is 3.32. The monoisotopic (exact) mass is 496 g/mol. The third-order valence-electron chi connectivity index (χ3n) is 7.86. The molecule has 0 saturated carbocycles. The van der Waals surface area contributed by atoms with Crippen molar-refractivity contribution in [1.82, 2.24) is 4.98 Å². The van der Waals surface area contributed by atoms with Crippen molar-refractivity contribution in [3.8, 4) is 39.4 Å². The molecular formula is C37H24N2. The standard InChI is InChI=1S/C37H24N2/c38-23-26-20-30(25-39-24-26)28-11-9-10-27(21-28)29-18-19-36-34(22-29)33-16-7-8-17-35(33)37(36,31-12-3-1-4-13-31)32-14-5-2-6-15-32/h1-22,24-25H. The van der Waals surface area contributed by atoms with Gasteiger partial charge in [-0.2, -0.15) is 5.26 Å². The van der Waals surface area contributed by atoms with Crippen LogP contribution in [-0.4, -0.2) is 4.98 Å². The molecule has 39 heavy (non-hydrogen) atoms. The van der Waals surface area contributed by atoms with E-state index >= 15 is 0 Å². The summed E-state index contributed by atoms with van der Waals surface area (Å²) in [4.78, 5) is 4.26. The van der Waals surface area contributed by atoms with Gasteiger partial charge in [-0.25, -0.2) is 0 Å². The number of nitriles is 1. The van der Waals surface area contributed by atoms with Gasteiger partial charge >= 0.3 is 0 Å². The Hall–Kier alpha value is -5.26. The number of fused-ring (bicyclic) bond motifs is 3. The highest BCUT2D eigenvalue weighted by Gasteiger charge is 2.45. The summed E-state index contributed by atoms with van der Waals surface area (Å²) in [6.07, 6.45) is 3.41. The van der Waals surface area contributed by atoms with Crippen LogP contribution in [-0.2, 0) is 5.41 Å². The maximum atomic E-state index is 9.33. The van der Waals surface area contributed by atoms with E-state index in [4.69, 9.17) is 0 Å². The molecule has 182 valence electrons. The highest BCUT2D eigenvalue weighted by atomic mass is 14.6. The SMILES string of the molecule is N#Cc1cncc(-c2cccc(-c3ccc4c(c3)-c3ccccc3C4(c3ccccc3)c3ccccc3)c2)c1. The number of nitrogens with zero attached hydrogens (tertiary/aromatic N) is 2. The van der Waals surface area contributed by atoms with Crippen molar-refractivity contribution in [2.45, 2.75) is 5.41 Å².